The van der Waals surface area contributed by atoms with Crippen LogP contribution in [0.1, 0.15) is 44.3 Å². The van der Waals surface area contributed by atoms with Crippen LogP contribution in [0.4, 0.5) is 0 Å². The molecule has 0 aromatic heterocycles. The van der Waals surface area contributed by atoms with Crippen molar-refractivity contribution in [1.82, 2.24) is 9.80 Å². The Morgan fingerprint density at radius 3 is 2.55 bits per heavy atom. The monoisotopic (exact) mass is 302 g/mol. The summed E-state index contributed by atoms with van der Waals surface area (Å²) < 4.78 is 0. The number of rotatable bonds is 5. The van der Waals surface area contributed by atoms with Gasteiger partial charge >= 0.3 is 0 Å². The van der Waals surface area contributed by atoms with Gasteiger partial charge in [0.25, 0.3) is 0 Å². The van der Waals surface area contributed by atoms with Crippen LogP contribution < -0.4 is 0 Å². The highest BCUT2D eigenvalue weighted by Crippen LogP contribution is 2.26. The average Bonchev–Trinajstić information content (AvgIpc) is 3.04. The third kappa shape index (κ3) is 4.09. The summed E-state index contributed by atoms with van der Waals surface area (Å²) in [7, 11) is 0. The highest BCUT2D eigenvalue weighted by atomic mass is 16.3. The van der Waals surface area contributed by atoms with Gasteiger partial charge in [0.2, 0.25) is 0 Å². The lowest BCUT2D eigenvalue weighted by Crippen LogP contribution is -2.53. The van der Waals surface area contributed by atoms with Crippen molar-refractivity contribution >= 4 is 0 Å². The van der Waals surface area contributed by atoms with Crippen molar-refractivity contribution < 1.29 is 5.11 Å². The fraction of sp³-hybridized carbons (Fsp3) is 0.684. The number of hydrogen-bond donors (Lipinski definition) is 1. The molecule has 122 valence electrons. The van der Waals surface area contributed by atoms with Gasteiger partial charge in [0.05, 0.1) is 6.10 Å². The minimum atomic E-state index is -0.370. The zero-order valence-electron chi connectivity index (χ0n) is 13.8. The number of piperazine rings is 1. The van der Waals surface area contributed by atoms with Crippen LogP contribution in [0.25, 0.3) is 0 Å². The summed E-state index contributed by atoms with van der Waals surface area (Å²) >= 11 is 0. The molecule has 3 nitrogen and oxygen atoms in total. The number of nitrogens with zero attached hydrogens (tertiary/aromatic N) is 2. The third-order valence-corrected chi connectivity index (χ3v) is 5.43. The molecule has 1 aromatic rings. The van der Waals surface area contributed by atoms with Gasteiger partial charge < -0.3 is 10.0 Å². The fourth-order valence-electron chi connectivity index (χ4n) is 4.07. The number of β-amino-alcohol motifs (C(OH)–C–C–N with tert-alkyl or cyclic N) is 1. The van der Waals surface area contributed by atoms with Crippen molar-refractivity contribution in [2.24, 2.45) is 5.92 Å². The van der Waals surface area contributed by atoms with Crippen molar-refractivity contribution in [3.63, 3.8) is 0 Å². The van der Waals surface area contributed by atoms with Crippen molar-refractivity contribution in [3.8, 4) is 0 Å². The topological polar surface area (TPSA) is 26.7 Å². The second-order valence-corrected chi connectivity index (χ2v) is 7.18. The smallest absolute Gasteiger partial charge is 0.0917 e. The Labute approximate surface area is 134 Å². The molecule has 22 heavy (non-hydrogen) atoms. The maximum Gasteiger partial charge on any atom is 0.0917 e. The Bertz CT molecular complexity index is 444. The summed E-state index contributed by atoms with van der Waals surface area (Å²) in [6, 6.07) is 10.6. The normalized spacial score (nSPS) is 26.4. The quantitative estimate of drug-likeness (QED) is 0.906. The van der Waals surface area contributed by atoms with Gasteiger partial charge in [-0.2, -0.15) is 0 Å². The lowest BCUT2D eigenvalue weighted by Gasteiger charge is -2.41. The van der Waals surface area contributed by atoms with Gasteiger partial charge in [0.15, 0.2) is 0 Å². The van der Waals surface area contributed by atoms with Crippen LogP contribution in [0, 0.1) is 5.92 Å². The molecule has 2 fully saturated rings. The number of aliphatic hydroxyl groups excluding tert-OH is 1. The van der Waals surface area contributed by atoms with Crippen LogP contribution >= 0.6 is 0 Å². The van der Waals surface area contributed by atoms with Gasteiger partial charge in [0, 0.05) is 38.8 Å². The summed E-state index contributed by atoms with van der Waals surface area (Å²) in [4.78, 5) is 5.09. The maximum absolute atomic E-state index is 10.4. The number of benzene rings is 1. The molecule has 1 aromatic carbocycles. The number of hydrogen-bond acceptors (Lipinski definition) is 3. The van der Waals surface area contributed by atoms with E-state index in [1.54, 1.807) is 0 Å². The molecule has 1 saturated heterocycles. The van der Waals surface area contributed by atoms with Crippen LogP contribution in [-0.2, 0) is 0 Å². The van der Waals surface area contributed by atoms with Crippen molar-refractivity contribution in [2.45, 2.75) is 44.8 Å². The molecule has 0 spiro atoms. The van der Waals surface area contributed by atoms with E-state index in [2.05, 4.69) is 16.7 Å². The molecule has 0 radical (unpaired) electrons. The largest absolute Gasteiger partial charge is 0.387 e. The van der Waals surface area contributed by atoms with Crippen LogP contribution in [-0.4, -0.2) is 53.7 Å². The zero-order valence-corrected chi connectivity index (χ0v) is 13.8. The predicted molar refractivity (Wildman–Crippen MR) is 90.8 cm³/mol. The molecule has 3 rings (SSSR count). The summed E-state index contributed by atoms with van der Waals surface area (Å²) in [6.45, 7) is 7.73. The van der Waals surface area contributed by atoms with Crippen LogP contribution in [0.3, 0.4) is 0 Å². The summed E-state index contributed by atoms with van der Waals surface area (Å²) in [5.41, 5.74) is 1.03. The van der Waals surface area contributed by atoms with Crippen LogP contribution in [0.2, 0.25) is 0 Å². The van der Waals surface area contributed by atoms with E-state index in [0.29, 0.717) is 6.04 Å². The van der Waals surface area contributed by atoms with E-state index in [1.165, 1.54) is 32.2 Å². The van der Waals surface area contributed by atoms with Crippen molar-refractivity contribution in [1.29, 1.82) is 0 Å². The van der Waals surface area contributed by atoms with E-state index in [0.717, 1.165) is 37.7 Å². The van der Waals surface area contributed by atoms with E-state index < -0.39 is 0 Å². The van der Waals surface area contributed by atoms with E-state index in [-0.39, 0.29) is 6.10 Å². The first-order chi connectivity index (χ1) is 10.7. The van der Waals surface area contributed by atoms with Crippen LogP contribution in [0.5, 0.6) is 0 Å². The fourth-order valence-corrected chi connectivity index (χ4v) is 4.07. The summed E-state index contributed by atoms with van der Waals surface area (Å²) in [5.74, 6) is 0.939. The molecule has 1 saturated carbocycles. The zero-order chi connectivity index (χ0) is 15.4. The first-order valence-electron chi connectivity index (χ1n) is 8.92. The molecule has 1 N–H and O–H groups in total. The molecule has 2 aliphatic rings. The standard InChI is InChI=1S/C19H30N2O/c1-16-13-20(14-17-7-5-6-8-17)11-12-21(16)15-19(22)18-9-3-2-4-10-18/h2-4,9-10,16-17,19,22H,5-8,11-15H2,1H3/t16-,19+/m0/s1. The SMILES string of the molecule is C[C@H]1CN(CC2CCCC2)CCN1C[C@@H](O)c1ccccc1. The minimum absolute atomic E-state index is 0.370. The molecule has 1 aliphatic carbocycles. The lowest BCUT2D eigenvalue weighted by atomic mass is 10.0. The highest BCUT2D eigenvalue weighted by molar-refractivity contribution is 5.17. The van der Waals surface area contributed by atoms with E-state index in [4.69, 9.17) is 0 Å². The van der Waals surface area contributed by atoms with Crippen molar-refractivity contribution in [3.05, 3.63) is 35.9 Å². The molecular formula is C19H30N2O. The Balaban J connectivity index is 1.48. The molecule has 0 unspecified atom stereocenters. The Kier molecular flexibility index (Phi) is 5.51. The van der Waals surface area contributed by atoms with Crippen molar-refractivity contribution in [2.75, 3.05) is 32.7 Å². The summed E-state index contributed by atoms with van der Waals surface area (Å²) in [6.07, 6.45) is 5.36. The molecular weight excluding hydrogens is 272 g/mol. The Morgan fingerprint density at radius 2 is 1.86 bits per heavy atom. The predicted octanol–water partition coefficient (Wildman–Crippen LogP) is 2.92. The molecule has 2 atom stereocenters. The summed E-state index contributed by atoms with van der Waals surface area (Å²) in [5, 5.41) is 10.4. The van der Waals surface area contributed by atoms with E-state index in [1.807, 2.05) is 30.3 Å². The Morgan fingerprint density at radius 1 is 1.14 bits per heavy atom. The maximum atomic E-state index is 10.4. The van der Waals surface area contributed by atoms with Gasteiger partial charge in [-0.1, -0.05) is 43.2 Å². The van der Waals surface area contributed by atoms with Gasteiger partial charge in [-0.15, -0.1) is 0 Å². The minimum Gasteiger partial charge on any atom is -0.387 e. The molecule has 1 heterocycles. The van der Waals surface area contributed by atoms with E-state index >= 15 is 0 Å². The number of aliphatic hydroxyl groups is 1. The molecule has 3 heteroatoms. The highest BCUT2D eigenvalue weighted by Gasteiger charge is 2.27. The van der Waals surface area contributed by atoms with Gasteiger partial charge in [-0.05, 0) is 31.2 Å². The Hall–Kier alpha value is -0.900. The van der Waals surface area contributed by atoms with Crippen LogP contribution in [0.15, 0.2) is 30.3 Å². The molecule has 0 amide bonds. The molecule has 0 bridgehead atoms. The first kappa shape index (κ1) is 16.0. The second-order valence-electron chi connectivity index (χ2n) is 7.18. The third-order valence-electron chi connectivity index (χ3n) is 5.43. The first-order valence-corrected chi connectivity index (χ1v) is 8.92. The van der Waals surface area contributed by atoms with Gasteiger partial charge in [-0.3, -0.25) is 4.90 Å². The van der Waals surface area contributed by atoms with E-state index in [9.17, 15) is 5.11 Å². The van der Waals surface area contributed by atoms with Gasteiger partial charge in [-0.25, -0.2) is 0 Å². The van der Waals surface area contributed by atoms with Gasteiger partial charge in [0.1, 0.15) is 0 Å². The average molecular weight is 302 g/mol. The molecule has 1 aliphatic heterocycles. The lowest BCUT2D eigenvalue weighted by molar-refractivity contribution is 0.0339. The second kappa shape index (κ2) is 7.58.